The molecule has 0 saturated heterocycles. The van der Waals surface area contributed by atoms with E-state index in [0.717, 1.165) is 0 Å². The van der Waals surface area contributed by atoms with Crippen molar-refractivity contribution in [2.45, 2.75) is 5.79 Å². The Kier molecular flexibility index (Phi) is 2.23. The molecule has 0 aromatic heterocycles. The predicted molar refractivity (Wildman–Crippen MR) is 63.5 cm³/mol. The maximum atomic E-state index is 11.5. The predicted octanol–water partition coefficient (Wildman–Crippen LogP) is 2.40. The molecule has 2 aromatic carbocycles. The van der Waals surface area contributed by atoms with Gasteiger partial charge in [-0.05, 0) is 12.1 Å². The fourth-order valence-electron chi connectivity index (χ4n) is 1.94. The lowest BCUT2D eigenvalue weighted by atomic mass is 10.1. The molecule has 0 radical (unpaired) electrons. The first-order valence-electron chi connectivity index (χ1n) is 5.48. The first kappa shape index (κ1) is 10.7. The molecule has 0 aliphatic carbocycles. The molecule has 4 nitrogen and oxygen atoms in total. The average Bonchev–Trinajstić information content (AvgIpc) is 2.80. The molecule has 18 heavy (non-hydrogen) atoms. The van der Waals surface area contributed by atoms with Crippen LogP contribution in [-0.2, 0) is 10.6 Å². The van der Waals surface area contributed by atoms with Gasteiger partial charge in [-0.25, -0.2) is 4.79 Å². The normalized spacial score (nSPS) is 15.3. The van der Waals surface area contributed by atoms with Crippen LogP contribution in [-0.4, -0.2) is 11.1 Å². The van der Waals surface area contributed by atoms with Crippen LogP contribution in [0.2, 0.25) is 0 Å². The zero-order valence-electron chi connectivity index (χ0n) is 9.37. The summed E-state index contributed by atoms with van der Waals surface area (Å²) in [6.45, 7) is 0. The van der Waals surface area contributed by atoms with Crippen molar-refractivity contribution in [3.05, 3.63) is 60.2 Å². The Balaban J connectivity index is 2.11. The van der Waals surface area contributed by atoms with Gasteiger partial charge in [-0.3, -0.25) is 0 Å². The van der Waals surface area contributed by atoms with Gasteiger partial charge in [0.15, 0.2) is 11.5 Å². The van der Waals surface area contributed by atoms with Crippen molar-refractivity contribution in [3.8, 4) is 11.5 Å². The monoisotopic (exact) mass is 242 g/mol. The fraction of sp³-hybridized carbons (Fsp3) is 0.0714. The summed E-state index contributed by atoms with van der Waals surface area (Å²) in [5, 5.41) is 9.44. The Bertz CT molecular complexity index is 567. The highest BCUT2D eigenvalue weighted by Crippen LogP contribution is 2.43. The van der Waals surface area contributed by atoms with Gasteiger partial charge in [0.2, 0.25) is 0 Å². The molecule has 0 saturated carbocycles. The van der Waals surface area contributed by atoms with Crippen molar-refractivity contribution in [1.29, 1.82) is 0 Å². The molecule has 1 N–H and O–H groups in total. The number of carbonyl (C=O) groups is 1. The Morgan fingerprint density at radius 2 is 1.39 bits per heavy atom. The van der Waals surface area contributed by atoms with E-state index in [2.05, 4.69) is 0 Å². The summed E-state index contributed by atoms with van der Waals surface area (Å²) in [6.07, 6.45) is 0. The van der Waals surface area contributed by atoms with Gasteiger partial charge in [0.1, 0.15) is 0 Å². The number of carboxylic acid groups (broad SMARTS) is 1. The summed E-state index contributed by atoms with van der Waals surface area (Å²) in [6, 6.07) is 15.5. The van der Waals surface area contributed by atoms with Crippen molar-refractivity contribution in [2.75, 3.05) is 0 Å². The molecule has 4 heteroatoms. The average molecular weight is 242 g/mol. The molecule has 0 amide bonds. The zero-order chi connectivity index (χ0) is 12.6. The minimum absolute atomic E-state index is 0.434. The number of fused-ring (bicyclic) bond motifs is 1. The van der Waals surface area contributed by atoms with Crippen molar-refractivity contribution in [3.63, 3.8) is 0 Å². The summed E-state index contributed by atoms with van der Waals surface area (Å²) in [4.78, 5) is 11.5. The number of rotatable bonds is 2. The molecule has 1 aliphatic heterocycles. The van der Waals surface area contributed by atoms with Gasteiger partial charge in [0.05, 0.1) is 0 Å². The van der Waals surface area contributed by atoms with Crippen molar-refractivity contribution in [2.24, 2.45) is 0 Å². The Labute approximate surface area is 103 Å². The summed E-state index contributed by atoms with van der Waals surface area (Å²) < 4.78 is 11.0. The maximum absolute atomic E-state index is 11.5. The van der Waals surface area contributed by atoms with E-state index in [4.69, 9.17) is 9.47 Å². The Morgan fingerprint density at radius 3 is 1.89 bits per heavy atom. The highest BCUT2D eigenvalue weighted by atomic mass is 16.8. The highest BCUT2D eigenvalue weighted by Gasteiger charge is 2.51. The van der Waals surface area contributed by atoms with Gasteiger partial charge >= 0.3 is 11.8 Å². The number of aliphatic carboxylic acids is 1. The molecule has 3 rings (SSSR count). The largest absolute Gasteiger partial charge is 0.475 e. The van der Waals surface area contributed by atoms with E-state index in [1.807, 2.05) is 0 Å². The van der Waals surface area contributed by atoms with Gasteiger partial charge in [0, 0.05) is 5.56 Å². The van der Waals surface area contributed by atoms with Crippen LogP contribution < -0.4 is 9.47 Å². The smallest absolute Gasteiger partial charge is 0.395 e. The van der Waals surface area contributed by atoms with E-state index in [1.165, 1.54) is 0 Å². The van der Waals surface area contributed by atoms with E-state index in [-0.39, 0.29) is 0 Å². The van der Waals surface area contributed by atoms with E-state index < -0.39 is 11.8 Å². The molecule has 0 spiro atoms. The molecule has 90 valence electrons. The van der Waals surface area contributed by atoms with Gasteiger partial charge in [0.25, 0.3) is 0 Å². The van der Waals surface area contributed by atoms with Crippen LogP contribution in [0.4, 0.5) is 0 Å². The molecule has 0 unspecified atom stereocenters. The van der Waals surface area contributed by atoms with Crippen molar-refractivity contribution in [1.82, 2.24) is 0 Å². The lowest BCUT2D eigenvalue weighted by molar-refractivity contribution is -0.180. The topological polar surface area (TPSA) is 55.8 Å². The van der Waals surface area contributed by atoms with E-state index >= 15 is 0 Å². The number of hydrogen-bond acceptors (Lipinski definition) is 3. The third kappa shape index (κ3) is 1.43. The first-order valence-corrected chi connectivity index (χ1v) is 5.48. The Hall–Kier alpha value is -2.49. The van der Waals surface area contributed by atoms with Gasteiger partial charge < -0.3 is 14.6 Å². The van der Waals surface area contributed by atoms with Gasteiger partial charge in [-0.1, -0.05) is 42.5 Å². The third-order valence-electron chi connectivity index (χ3n) is 2.79. The summed E-state index contributed by atoms with van der Waals surface area (Å²) in [5.41, 5.74) is 0.453. The van der Waals surface area contributed by atoms with Crippen LogP contribution in [0, 0.1) is 0 Å². The molecular weight excluding hydrogens is 232 g/mol. The van der Waals surface area contributed by atoms with Gasteiger partial charge in [-0.15, -0.1) is 0 Å². The minimum Gasteiger partial charge on any atom is -0.475 e. The minimum atomic E-state index is -1.79. The fourth-order valence-corrected chi connectivity index (χ4v) is 1.94. The number of ether oxygens (including phenoxy) is 2. The number of carboxylic acids is 1. The Morgan fingerprint density at radius 1 is 0.889 bits per heavy atom. The van der Waals surface area contributed by atoms with E-state index in [0.29, 0.717) is 17.1 Å². The van der Waals surface area contributed by atoms with Crippen LogP contribution in [0.15, 0.2) is 54.6 Å². The van der Waals surface area contributed by atoms with Crippen LogP contribution >= 0.6 is 0 Å². The van der Waals surface area contributed by atoms with E-state index in [9.17, 15) is 9.90 Å². The standard InChI is InChI=1S/C14H10O4/c15-13(16)14(10-6-2-1-3-7-10)17-11-8-4-5-9-12(11)18-14/h1-9H,(H,15,16). The second-order valence-electron chi connectivity index (χ2n) is 3.94. The quantitative estimate of drug-likeness (QED) is 0.878. The number of benzene rings is 2. The lowest BCUT2D eigenvalue weighted by Gasteiger charge is -2.22. The second-order valence-corrected chi connectivity index (χ2v) is 3.94. The van der Waals surface area contributed by atoms with E-state index in [1.54, 1.807) is 54.6 Å². The molecule has 1 heterocycles. The second kappa shape index (κ2) is 3.77. The SMILES string of the molecule is O=C(O)C1(c2ccccc2)Oc2ccccc2O1. The molecule has 1 aliphatic rings. The van der Waals surface area contributed by atoms with Crippen molar-refractivity contribution >= 4 is 5.97 Å². The third-order valence-corrected chi connectivity index (χ3v) is 2.79. The first-order chi connectivity index (χ1) is 8.72. The molecule has 0 bridgehead atoms. The van der Waals surface area contributed by atoms with Gasteiger partial charge in [-0.2, -0.15) is 0 Å². The lowest BCUT2D eigenvalue weighted by Crippen LogP contribution is -2.43. The zero-order valence-corrected chi connectivity index (χ0v) is 9.37. The maximum Gasteiger partial charge on any atom is 0.395 e. The summed E-state index contributed by atoms with van der Waals surface area (Å²) in [7, 11) is 0. The van der Waals surface area contributed by atoms with Crippen LogP contribution in [0.3, 0.4) is 0 Å². The molecule has 2 aromatic rings. The summed E-state index contributed by atoms with van der Waals surface area (Å²) in [5.74, 6) is -2.09. The number of hydrogen-bond donors (Lipinski definition) is 1. The number of para-hydroxylation sites is 2. The molecule has 0 fully saturated rings. The summed E-state index contributed by atoms with van der Waals surface area (Å²) >= 11 is 0. The van der Waals surface area contributed by atoms with Crippen molar-refractivity contribution < 1.29 is 19.4 Å². The van der Waals surface area contributed by atoms with Crippen LogP contribution in [0.1, 0.15) is 5.56 Å². The van der Waals surface area contributed by atoms with Crippen LogP contribution in [0.5, 0.6) is 11.5 Å². The highest BCUT2D eigenvalue weighted by molar-refractivity contribution is 5.80. The molecule has 0 atom stereocenters. The molecular formula is C14H10O4. The van der Waals surface area contributed by atoms with Crippen LogP contribution in [0.25, 0.3) is 0 Å².